The molecule has 2 atom stereocenters. The monoisotopic (exact) mass is 237 g/mol. The summed E-state index contributed by atoms with van der Waals surface area (Å²) in [6.45, 7) is 2.75. The Bertz CT molecular complexity index is 531. The number of H-pyrrole nitrogens is 1. The minimum Gasteiger partial charge on any atom is -0.354 e. The van der Waals surface area contributed by atoms with Crippen LogP contribution in [-0.4, -0.2) is 22.0 Å². The van der Waals surface area contributed by atoms with E-state index >= 15 is 0 Å². The lowest BCUT2D eigenvalue weighted by molar-refractivity contribution is -0.121. The van der Waals surface area contributed by atoms with Crippen LogP contribution in [0.2, 0.25) is 0 Å². The van der Waals surface area contributed by atoms with Gasteiger partial charge in [-0.2, -0.15) is 0 Å². The van der Waals surface area contributed by atoms with Gasteiger partial charge in [-0.15, -0.1) is 0 Å². The van der Waals surface area contributed by atoms with E-state index in [2.05, 4.69) is 17.2 Å². The summed E-state index contributed by atoms with van der Waals surface area (Å²) in [5.41, 5.74) is -1.02. The Kier molecular flexibility index (Phi) is 3.12. The number of carbonyl (C=O) groups is 1. The first-order valence-corrected chi connectivity index (χ1v) is 5.62. The van der Waals surface area contributed by atoms with Crippen molar-refractivity contribution in [3.05, 3.63) is 33.1 Å². The number of amides is 1. The Balaban J connectivity index is 1.89. The van der Waals surface area contributed by atoms with Crippen LogP contribution in [0.4, 0.5) is 0 Å². The maximum atomic E-state index is 11.5. The molecule has 0 radical (unpaired) electrons. The Morgan fingerprint density at radius 2 is 2.29 bits per heavy atom. The van der Waals surface area contributed by atoms with E-state index in [4.69, 9.17) is 0 Å². The van der Waals surface area contributed by atoms with Gasteiger partial charge in [0.05, 0.1) is 0 Å². The molecule has 0 saturated heterocycles. The molecule has 6 heteroatoms. The Morgan fingerprint density at radius 3 is 2.88 bits per heavy atom. The van der Waals surface area contributed by atoms with E-state index in [1.165, 1.54) is 16.8 Å². The number of rotatable bonds is 4. The van der Waals surface area contributed by atoms with Crippen molar-refractivity contribution in [1.82, 2.24) is 14.9 Å². The molecule has 0 unspecified atom stereocenters. The molecule has 1 heterocycles. The van der Waals surface area contributed by atoms with Crippen molar-refractivity contribution in [2.45, 2.75) is 19.9 Å². The largest absolute Gasteiger partial charge is 0.354 e. The minimum absolute atomic E-state index is 0.0588. The average Bonchev–Trinajstić information content (AvgIpc) is 2.96. The number of aromatic nitrogens is 2. The number of hydrogen-bond donors (Lipinski definition) is 2. The Labute approximate surface area is 97.7 Å². The van der Waals surface area contributed by atoms with Crippen LogP contribution in [0, 0.1) is 11.8 Å². The molecule has 0 bridgehead atoms. The fraction of sp³-hybridized carbons (Fsp3) is 0.545. The summed E-state index contributed by atoms with van der Waals surface area (Å²) in [5.74, 6) is 1.05. The molecular formula is C11H15N3O3. The lowest BCUT2D eigenvalue weighted by Crippen LogP contribution is -2.36. The SMILES string of the molecule is C[C@H]1C[C@H]1CNC(=O)Cn1ccc(=O)[nH]c1=O. The standard InChI is InChI=1S/C11H15N3O3/c1-7-4-8(7)5-12-10(16)6-14-3-2-9(15)13-11(14)17/h2-3,7-8H,4-6H2,1H3,(H,12,16)(H,13,15,17)/t7-,8-/m0/s1. The van der Waals surface area contributed by atoms with Gasteiger partial charge in [0.15, 0.2) is 0 Å². The first-order valence-electron chi connectivity index (χ1n) is 5.62. The molecule has 1 amide bonds. The zero-order valence-corrected chi connectivity index (χ0v) is 9.60. The smallest absolute Gasteiger partial charge is 0.328 e. The predicted octanol–water partition coefficient (Wildman–Crippen LogP) is -0.691. The van der Waals surface area contributed by atoms with Crippen molar-refractivity contribution in [3.63, 3.8) is 0 Å². The van der Waals surface area contributed by atoms with Gasteiger partial charge in [-0.3, -0.25) is 19.1 Å². The summed E-state index contributed by atoms with van der Waals surface area (Å²) >= 11 is 0. The van der Waals surface area contributed by atoms with E-state index in [0.29, 0.717) is 18.4 Å². The van der Waals surface area contributed by atoms with Crippen LogP contribution in [0.15, 0.2) is 21.9 Å². The van der Waals surface area contributed by atoms with Crippen LogP contribution >= 0.6 is 0 Å². The van der Waals surface area contributed by atoms with Crippen molar-refractivity contribution >= 4 is 5.91 Å². The van der Waals surface area contributed by atoms with Gasteiger partial charge in [0.25, 0.3) is 5.56 Å². The van der Waals surface area contributed by atoms with Crippen LogP contribution in [0.25, 0.3) is 0 Å². The van der Waals surface area contributed by atoms with Crippen molar-refractivity contribution in [3.8, 4) is 0 Å². The average molecular weight is 237 g/mol. The molecule has 2 rings (SSSR count). The second-order valence-electron chi connectivity index (χ2n) is 4.52. The number of aromatic amines is 1. The fourth-order valence-electron chi connectivity index (χ4n) is 1.71. The number of nitrogens with zero attached hydrogens (tertiary/aromatic N) is 1. The Morgan fingerprint density at radius 1 is 1.59 bits per heavy atom. The maximum Gasteiger partial charge on any atom is 0.328 e. The molecule has 2 N–H and O–H groups in total. The van der Waals surface area contributed by atoms with E-state index in [-0.39, 0.29) is 12.5 Å². The summed E-state index contributed by atoms with van der Waals surface area (Å²) in [5, 5.41) is 2.77. The first kappa shape index (κ1) is 11.6. The van der Waals surface area contributed by atoms with Crippen LogP contribution in [0.5, 0.6) is 0 Å². The van der Waals surface area contributed by atoms with Gasteiger partial charge in [0.1, 0.15) is 6.54 Å². The van der Waals surface area contributed by atoms with Crippen LogP contribution in [-0.2, 0) is 11.3 Å². The van der Waals surface area contributed by atoms with Crippen molar-refractivity contribution in [2.75, 3.05) is 6.54 Å². The lowest BCUT2D eigenvalue weighted by Gasteiger charge is -2.05. The van der Waals surface area contributed by atoms with Gasteiger partial charge in [0, 0.05) is 18.8 Å². The summed E-state index contributed by atoms with van der Waals surface area (Å²) in [6.07, 6.45) is 2.47. The van der Waals surface area contributed by atoms with E-state index in [9.17, 15) is 14.4 Å². The molecule has 6 nitrogen and oxygen atoms in total. The summed E-state index contributed by atoms with van der Waals surface area (Å²) in [4.78, 5) is 35.7. The van der Waals surface area contributed by atoms with Gasteiger partial charge < -0.3 is 5.32 Å². The minimum atomic E-state index is -0.563. The highest BCUT2D eigenvalue weighted by Gasteiger charge is 2.32. The van der Waals surface area contributed by atoms with Gasteiger partial charge in [-0.1, -0.05) is 6.92 Å². The van der Waals surface area contributed by atoms with Crippen LogP contribution in [0.1, 0.15) is 13.3 Å². The van der Waals surface area contributed by atoms with E-state index in [1.54, 1.807) is 0 Å². The highest BCUT2D eigenvalue weighted by molar-refractivity contribution is 5.75. The molecule has 92 valence electrons. The van der Waals surface area contributed by atoms with E-state index in [1.807, 2.05) is 0 Å². The van der Waals surface area contributed by atoms with Crippen molar-refractivity contribution in [1.29, 1.82) is 0 Å². The zero-order chi connectivity index (χ0) is 12.4. The Hall–Kier alpha value is -1.85. The molecule has 1 aromatic heterocycles. The fourth-order valence-corrected chi connectivity index (χ4v) is 1.71. The molecule has 1 aromatic rings. The van der Waals surface area contributed by atoms with Gasteiger partial charge >= 0.3 is 5.69 Å². The van der Waals surface area contributed by atoms with E-state index in [0.717, 1.165) is 6.42 Å². The predicted molar refractivity (Wildman–Crippen MR) is 61.6 cm³/mol. The highest BCUT2D eigenvalue weighted by atomic mass is 16.2. The van der Waals surface area contributed by atoms with Gasteiger partial charge in [0.2, 0.25) is 5.91 Å². The van der Waals surface area contributed by atoms with Crippen molar-refractivity contribution in [2.24, 2.45) is 11.8 Å². The number of carbonyl (C=O) groups excluding carboxylic acids is 1. The first-order chi connectivity index (χ1) is 8.06. The molecule has 1 fully saturated rings. The third kappa shape index (κ3) is 3.05. The van der Waals surface area contributed by atoms with Gasteiger partial charge in [-0.25, -0.2) is 4.79 Å². The third-order valence-electron chi connectivity index (χ3n) is 3.05. The number of nitrogens with one attached hydrogen (secondary N) is 2. The number of hydrogen-bond acceptors (Lipinski definition) is 3. The quantitative estimate of drug-likeness (QED) is 0.727. The molecular weight excluding hydrogens is 222 g/mol. The lowest BCUT2D eigenvalue weighted by atomic mass is 10.3. The molecule has 0 spiro atoms. The van der Waals surface area contributed by atoms with Crippen LogP contribution < -0.4 is 16.6 Å². The maximum absolute atomic E-state index is 11.5. The molecule has 1 aliphatic carbocycles. The molecule has 1 saturated carbocycles. The normalized spacial score (nSPS) is 22.2. The molecule has 17 heavy (non-hydrogen) atoms. The van der Waals surface area contributed by atoms with Crippen molar-refractivity contribution < 1.29 is 4.79 Å². The van der Waals surface area contributed by atoms with Gasteiger partial charge in [-0.05, 0) is 18.3 Å². The topological polar surface area (TPSA) is 84.0 Å². The van der Waals surface area contributed by atoms with E-state index < -0.39 is 11.2 Å². The highest BCUT2D eigenvalue weighted by Crippen LogP contribution is 2.36. The van der Waals surface area contributed by atoms with Crippen LogP contribution in [0.3, 0.4) is 0 Å². The second-order valence-corrected chi connectivity index (χ2v) is 4.52. The third-order valence-corrected chi connectivity index (χ3v) is 3.05. The zero-order valence-electron chi connectivity index (χ0n) is 9.60. The summed E-state index contributed by atoms with van der Waals surface area (Å²) in [7, 11) is 0. The second kappa shape index (κ2) is 4.57. The molecule has 0 aliphatic heterocycles. The molecule has 0 aromatic carbocycles. The molecule has 1 aliphatic rings. The summed E-state index contributed by atoms with van der Waals surface area (Å²) < 4.78 is 1.17. The summed E-state index contributed by atoms with van der Waals surface area (Å²) in [6, 6.07) is 1.22.